The highest BCUT2D eigenvalue weighted by molar-refractivity contribution is 6.60. The van der Waals surface area contributed by atoms with E-state index in [-0.39, 0.29) is 0 Å². The summed E-state index contributed by atoms with van der Waals surface area (Å²) in [7, 11) is 4.04. The van der Waals surface area contributed by atoms with Crippen LogP contribution in [0.1, 0.15) is 12.8 Å². The van der Waals surface area contributed by atoms with Crippen molar-refractivity contribution in [1.29, 1.82) is 0 Å². The van der Waals surface area contributed by atoms with E-state index >= 15 is 0 Å². The highest BCUT2D eigenvalue weighted by Crippen LogP contribution is 2.31. The molecule has 0 aromatic carbocycles. The number of likely N-dealkylation sites (tertiary alicyclic amines) is 1. The second-order valence-electron chi connectivity index (χ2n) is 4.31. The number of nitrogens with zero attached hydrogens (tertiary/aromatic N) is 1. The predicted molar refractivity (Wildman–Crippen MR) is 52.2 cm³/mol. The monoisotopic (exact) mass is 267 g/mol. The SMILES string of the molecule is COC[N+]1(C)CCCC1.F[B-](F)(F)C(F)(F)F. The number of quaternary nitrogens is 1. The molecule has 0 atom stereocenters. The smallest absolute Gasteiger partial charge is 0.443 e. The molecule has 0 bridgehead atoms. The van der Waals surface area contributed by atoms with Crippen molar-refractivity contribution in [2.24, 2.45) is 0 Å². The topological polar surface area (TPSA) is 9.23 Å². The van der Waals surface area contributed by atoms with Crippen LogP contribution >= 0.6 is 0 Å². The van der Waals surface area contributed by atoms with Gasteiger partial charge in [0.15, 0.2) is 6.73 Å². The highest BCUT2D eigenvalue weighted by atomic mass is 19.4. The van der Waals surface area contributed by atoms with E-state index in [1.807, 2.05) is 0 Å². The Labute approximate surface area is 96.2 Å². The van der Waals surface area contributed by atoms with Gasteiger partial charge < -0.3 is 22.2 Å². The quantitative estimate of drug-likeness (QED) is 0.424. The number of alkyl halides is 3. The molecule has 9 heteroatoms. The Hall–Kier alpha value is -0.435. The molecule has 1 heterocycles. The summed E-state index contributed by atoms with van der Waals surface area (Å²) in [4.78, 5) is 0. The largest absolute Gasteiger partial charge is 0.583 e. The van der Waals surface area contributed by atoms with Gasteiger partial charge in [0, 0.05) is 20.0 Å². The number of ether oxygens (including phenoxy) is 1. The molecule has 1 aliphatic heterocycles. The summed E-state index contributed by atoms with van der Waals surface area (Å²) in [5.74, 6) is 0. The number of hydrogen-bond donors (Lipinski definition) is 0. The summed E-state index contributed by atoms with van der Waals surface area (Å²) in [5, 5.41) is 0. The first-order valence-corrected chi connectivity index (χ1v) is 5.10. The third-order valence-corrected chi connectivity index (χ3v) is 2.46. The summed E-state index contributed by atoms with van der Waals surface area (Å²) < 4.78 is 69.1. The average Bonchev–Trinajstić information content (AvgIpc) is 2.50. The van der Waals surface area contributed by atoms with Gasteiger partial charge in [-0.15, -0.1) is 0 Å². The average molecular weight is 267 g/mol. The lowest BCUT2D eigenvalue weighted by molar-refractivity contribution is -0.916. The van der Waals surface area contributed by atoms with Crippen LogP contribution in [0.4, 0.5) is 26.1 Å². The van der Waals surface area contributed by atoms with Crippen LogP contribution in [-0.2, 0) is 4.74 Å². The second-order valence-corrected chi connectivity index (χ2v) is 4.31. The van der Waals surface area contributed by atoms with Gasteiger partial charge in [-0.1, -0.05) is 0 Å². The number of methoxy groups -OCH3 is 1. The van der Waals surface area contributed by atoms with E-state index in [0.29, 0.717) is 0 Å². The molecule has 1 aliphatic rings. The minimum atomic E-state index is -6.65. The molecule has 0 amide bonds. The van der Waals surface area contributed by atoms with Crippen LogP contribution in [0, 0.1) is 0 Å². The first-order valence-electron chi connectivity index (χ1n) is 5.10. The van der Waals surface area contributed by atoms with Crippen LogP contribution in [0.5, 0.6) is 0 Å². The van der Waals surface area contributed by atoms with Gasteiger partial charge in [0.25, 0.3) is 0 Å². The normalized spacial score (nSPS) is 19.8. The summed E-state index contributed by atoms with van der Waals surface area (Å²) in [6.45, 7) is -3.16. The lowest BCUT2D eigenvalue weighted by Gasteiger charge is -2.27. The molecular weight excluding hydrogens is 251 g/mol. The van der Waals surface area contributed by atoms with Crippen molar-refractivity contribution in [2.45, 2.75) is 18.9 Å². The second kappa shape index (κ2) is 5.95. The molecule has 0 radical (unpaired) electrons. The Morgan fingerprint density at radius 2 is 1.47 bits per heavy atom. The van der Waals surface area contributed by atoms with Crippen molar-refractivity contribution in [2.75, 3.05) is 34.0 Å². The van der Waals surface area contributed by atoms with E-state index in [4.69, 9.17) is 4.74 Å². The van der Waals surface area contributed by atoms with Crippen molar-refractivity contribution >= 4 is 6.98 Å². The maximum absolute atomic E-state index is 10.5. The summed E-state index contributed by atoms with van der Waals surface area (Å²) in [6, 6.07) is 0. The van der Waals surface area contributed by atoms with Crippen molar-refractivity contribution in [3.8, 4) is 0 Å². The van der Waals surface area contributed by atoms with Gasteiger partial charge in [0.05, 0.1) is 20.1 Å². The summed E-state index contributed by atoms with van der Waals surface area (Å²) >= 11 is 0. The van der Waals surface area contributed by atoms with Crippen molar-refractivity contribution < 1.29 is 35.3 Å². The molecule has 17 heavy (non-hydrogen) atoms. The Balaban J connectivity index is 0.000000304. The zero-order chi connectivity index (χ0) is 13.7. The number of halogens is 6. The zero-order valence-electron chi connectivity index (χ0n) is 9.74. The summed E-state index contributed by atoms with van der Waals surface area (Å²) in [5.41, 5.74) is 0. The maximum Gasteiger partial charge on any atom is 0.583 e. The summed E-state index contributed by atoms with van der Waals surface area (Å²) in [6.07, 6.45) is -3.25. The lowest BCUT2D eigenvalue weighted by Crippen LogP contribution is -2.42. The Kier molecular flexibility index (Phi) is 5.79. The van der Waals surface area contributed by atoms with E-state index in [1.54, 1.807) is 7.11 Å². The fraction of sp³-hybridized carbons (Fsp3) is 1.00. The minimum absolute atomic E-state index is 0.889. The van der Waals surface area contributed by atoms with Crippen LogP contribution < -0.4 is 0 Å². The molecule has 1 rings (SSSR count). The first-order chi connectivity index (χ1) is 7.52. The van der Waals surface area contributed by atoms with E-state index < -0.39 is 13.1 Å². The first kappa shape index (κ1) is 16.6. The maximum atomic E-state index is 10.5. The Morgan fingerprint density at radius 3 is 1.71 bits per heavy atom. The highest BCUT2D eigenvalue weighted by Gasteiger charge is 2.53. The number of hydrogen-bond acceptors (Lipinski definition) is 1. The zero-order valence-corrected chi connectivity index (χ0v) is 9.74. The van der Waals surface area contributed by atoms with E-state index in [1.165, 1.54) is 25.9 Å². The number of rotatable bonds is 2. The van der Waals surface area contributed by atoms with Gasteiger partial charge >= 0.3 is 13.1 Å². The molecular formula is C8H16BF6NO. The van der Waals surface area contributed by atoms with Gasteiger partial charge in [0.2, 0.25) is 0 Å². The van der Waals surface area contributed by atoms with Crippen LogP contribution in [0.3, 0.4) is 0 Å². The molecule has 0 spiro atoms. The van der Waals surface area contributed by atoms with Gasteiger partial charge in [0.1, 0.15) is 0 Å². The van der Waals surface area contributed by atoms with Crippen molar-refractivity contribution in [1.82, 2.24) is 0 Å². The van der Waals surface area contributed by atoms with Gasteiger partial charge in [-0.05, 0) is 0 Å². The minimum Gasteiger partial charge on any atom is -0.443 e. The van der Waals surface area contributed by atoms with E-state index in [9.17, 15) is 26.1 Å². The Bertz CT molecular complexity index is 211. The molecule has 0 aliphatic carbocycles. The molecule has 1 fully saturated rings. The van der Waals surface area contributed by atoms with Crippen LogP contribution in [-0.4, -0.2) is 51.5 Å². The Morgan fingerprint density at radius 1 is 1.12 bits per heavy atom. The molecule has 1 saturated heterocycles. The van der Waals surface area contributed by atoms with Crippen molar-refractivity contribution in [3.05, 3.63) is 0 Å². The van der Waals surface area contributed by atoms with Crippen LogP contribution in [0.25, 0.3) is 0 Å². The molecule has 0 N–H and O–H groups in total. The van der Waals surface area contributed by atoms with Gasteiger partial charge in [-0.2, -0.15) is 0 Å². The van der Waals surface area contributed by atoms with Gasteiger partial charge in [-0.3, -0.25) is 0 Å². The lowest BCUT2D eigenvalue weighted by atomic mass is 9.92. The van der Waals surface area contributed by atoms with Gasteiger partial charge in [-0.25, -0.2) is 13.2 Å². The van der Waals surface area contributed by atoms with E-state index in [0.717, 1.165) is 11.2 Å². The third kappa shape index (κ3) is 6.16. The fourth-order valence-electron chi connectivity index (χ4n) is 1.54. The molecule has 0 aromatic heterocycles. The van der Waals surface area contributed by atoms with Crippen molar-refractivity contribution in [3.63, 3.8) is 0 Å². The molecule has 0 saturated carbocycles. The van der Waals surface area contributed by atoms with E-state index in [2.05, 4.69) is 7.05 Å². The standard InChI is InChI=1S/C7H16NO.CBF6/c1-8(7-9-2)5-3-4-6-8;3-1(4,5)2(6,7)8/h3-7H2,1-2H3;/q+1;-1. The molecule has 0 unspecified atom stereocenters. The van der Waals surface area contributed by atoms with Crippen LogP contribution in [0.2, 0.25) is 0 Å². The molecule has 104 valence electrons. The third-order valence-electron chi connectivity index (χ3n) is 2.46. The fourth-order valence-corrected chi connectivity index (χ4v) is 1.54. The molecule has 2 nitrogen and oxygen atoms in total. The van der Waals surface area contributed by atoms with Crippen LogP contribution in [0.15, 0.2) is 0 Å². The molecule has 0 aromatic rings. The predicted octanol–water partition coefficient (Wildman–Crippen LogP) is 2.77.